The molecule has 144 valence electrons. The molecule has 0 radical (unpaired) electrons. The van der Waals surface area contributed by atoms with Crippen molar-refractivity contribution in [3.8, 4) is 5.75 Å². The summed E-state index contributed by atoms with van der Waals surface area (Å²) in [5.74, 6) is 1.56. The third-order valence-electron chi connectivity index (χ3n) is 3.97. The van der Waals surface area contributed by atoms with E-state index in [2.05, 4.69) is 22.5 Å². The van der Waals surface area contributed by atoms with Gasteiger partial charge in [-0.1, -0.05) is 29.8 Å². The van der Waals surface area contributed by atoms with Gasteiger partial charge in [0, 0.05) is 33.3 Å². The Bertz CT molecular complexity index is 753. The molecule has 0 bridgehead atoms. The molecule has 0 fully saturated rings. The molecule has 0 aliphatic heterocycles. The van der Waals surface area contributed by atoms with E-state index in [4.69, 9.17) is 4.74 Å². The molecule has 2 rings (SSSR count). The Morgan fingerprint density at radius 1 is 1.04 bits per heavy atom. The maximum absolute atomic E-state index is 11.9. The van der Waals surface area contributed by atoms with E-state index in [1.807, 2.05) is 48.5 Å². The summed E-state index contributed by atoms with van der Waals surface area (Å²) in [4.78, 5) is 17.7. The predicted octanol–water partition coefficient (Wildman–Crippen LogP) is 2.44. The second kappa shape index (κ2) is 10.2. The van der Waals surface area contributed by atoms with Crippen molar-refractivity contribution in [1.29, 1.82) is 0 Å². The van der Waals surface area contributed by atoms with Crippen LogP contribution in [0.3, 0.4) is 0 Å². The molecule has 0 heterocycles. The molecule has 0 aromatic heterocycles. The number of carbonyl (C=O) groups is 1. The van der Waals surface area contributed by atoms with Gasteiger partial charge in [-0.05, 0) is 36.8 Å². The Hall–Kier alpha value is -3.02. The Balaban J connectivity index is 1.73. The van der Waals surface area contributed by atoms with Gasteiger partial charge in [0.15, 0.2) is 5.96 Å². The van der Waals surface area contributed by atoms with Crippen molar-refractivity contribution in [2.75, 3.05) is 34.3 Å². The van der Waals surface area contributed by atoms with Crippen molar-refractivity contribution in [3.05, 3.63) is 65.2 Å². The first kappa shape index (κ1) is 20.3. The number of ether oxygens (including phenoxy) is 1. The maximum atomic E-state index is 11.9. The topological polar surface area (TPSA) is 66.0 Å². The molecule has 0 unspecified atom stereocenters. The number of rotatable bonds is 7. The number of nitrogens with zero attached hydrogens (tertiary/aromatic N) is 2. The fourth-order valence-electron chi connectivity index (χ4n) is 2.40. The fraction of sp³-hybridized carbons (Fsp3) is 0.333. The van der Waals surface area contributed by atoms with Crippen molar-refractivity contribution in [2.24, 2.45) is 4.99 Å². The van der Waals surface area contributed by atoms with Crippen LogP contribution in [0.15, 0.2) is 53.5 Å². The third kappa shape index (κ3) is 6.66. The van der Waals surface area contributed by atoms with E-state index in [0.717, 1.165) is 11.3 Å². The number of hydrogen-bond acceptors (Lipinski definition) is 3. The first-order valence-corrected chi connectivity index (χ1v) is 8.94. The van der Waals surface area contributed by atoms with Crippen LogP contribution < -0.4 is 15.4 Å². The lowest BCUT2D eigenvalue weighted by Crippen LogP contribution is -2.38. The Morgan fingerprint density at radius 2 is 1.70 bits per heavy atom. The molecule has 0 spiro atoms. The summed E-state index contributed by atoms with van der Waals surface area (Å²) in [6, 6.07) is 15.5. The monoisotopic (exact) mass is 368 g/mol. The molecule has 1 amide bonds. The van der Waals surface area contributed by atoms with Crippen molar-refractivity contribution < 1.29 is 9.53 Å². The van der Waals surface area contributed by atoms with Gasteiger partial charge in [0.1, 0.15) is 12.4 Å². The molecule has 0 saturated carbocycles. The first-order valence-electron chi connectivity index (χ1n) is 8.94. The van der Waals surface area contributed by atoms with Gasteiger partial charge in [0.2, 0.25) is 0 Å². The van der Waals surface area contributed by atoms with Crippen LogP contribution in [0.2, 0.25) is 0 Å². The number of benzene rings is 2. The van der Waals surface area contributed by atoms with Crippen LogP contribution in [0.1, 0.15) is 21.5 Å². The molecule has 27 heavy (non-hydrogen) atoms. The largest absolute Gasteiger partial charge is 0.492 e. The lowest BCUT2D eigenvalue weighted by Gasteiger charge is -2.13. The summed E-state index contributed by atoms with van der Waals surface area (Å²) in [6.07, 6.45) is 0. The van der Waals surface area contributed by atoms with Gasteiger partial charge in [0.25, 0.3) is 5.91 Å². The lowest BCUT2D eigenvalue weighted by atomic mass is 10.1. The van der Waals surface area contributed by atoms with Gasteiger partial charge in [-0.2, -0.15) is 0 Å². The molecule has 0 aliphatic carbocycles. The minimum Gasteiger partial charge on any atom is -0.492 e. The van der Waals surface area contributed by atoms with Crippen molar-refractivity contribution >= 4 is 11.9 Å². The highest BCUT2D eigenvalue weighted by molar-refractivity contribution is 5.93. The first-order chi connectivity index (χ1) is 13.0. The van der Waals surface area contributed by atoms with Crippen LogP contribution in [-0.4, -0.2) is 51.1 Å². The van der Waals surface area contributed by atoms with E-state index in [-0.39, 0.29) is 5.91 Å². The average Bonchev–Trinajstić information content (AvgIpc) is 2.68. The summed E-state index contributed by atoms with van der Waals surface area (Å²) < 4.78 is 5.69. The summed E-state index contributed by atoms with van der Waals surface area (Å²) in [5.41, 5.74) is 2.97. The molecule has 2 aromatic carbocycles. The van der Waals surface area contributed by atoms with E-state index in [1.54, 1.807) is 26.0 Å². The Labute approximate surface area is 161 Å². The van der Waals surface area contributed by atoms with Gasteiger partial charge >= 0.3 is 0 Å². The molecule has 2 N–H and O–H groups in total. The standard InChI is InChI=1S/C21H28N4O2/c1-16-5-11-19(12-6-16)27-14-13-23-21(22-2)24-15-17-7-9-18(10-8-17)20(26)25(3)4/h5-12H,13-15H2,1-4H3,(H2,22,23,24). The summed E-state index contributed by atoms with van der Waals surface area (Å²) in [7, 11) is 5.22. The predicted molar refractivity (Wildman–Crippen MR) is 109 cm³/mol. The zero-order chi connectivity index (χ0) is 19.6. The molecule has 0 saturated heterocycles. The molecule has 6 nitrogen and oxygen atoms in total. The molecular formula is C21H28N4O2. The molecule has 0 aliphatic rings. The molecule has 0 atom stereocenters. The summed E-state index contributed by atoms with van der Waals surface area (Å²) >= 11 is 0. The number of guanidine groups is 1. The highest BCUT2D eigenvalue weighted by Gasteiger charge is 2.07. The minimum atomic E-state index is 0.000521. The second-order valence-electron chi connectivity index (χ2n) is 6.41. The van der Waals surface area contributed by atoms with E-state index in [9.17, 15) is 4.79 Å². The van der Waals surface area contributed by atoms with E-state index < -0.39 is 0 Å². The van der Waals surface area contributed by atoms with Gasteiger partial charge in [-0.3, -0.25) is 9.79 Å². The summed E-state index contributed by atoms with van der Waals surface area (Å²) in [5, 5.41) is 6.47. The van der Waals surface area contributed by atoms with Gasteiger partial charge in [0.05, 0.1) is 6.54 Å². The number of nitrogens with one attached hydrogen (secondary N) is 2. The molecule has 6 heteroatoms. The highest BCUT2D eigenvalue weighted by Crippen LogP contribution is 2.10. The lowest BCUT2D eigenvalue weighted by molar-refractivity contribution is 0.0827. The SMILES string of the molecule is CN=C(NCCOc1ccc(C)cc1)NCc1ccc(C(=O)N(C)C)cc1. The normalized spacial score (nSPS) is 11.0. The van der Waals surface area contributed by atoms with Crippen LogP contribution in [0.4, 0.5) is 0 Å². The zero-order valence-electron chi connectivity index (χ0n) is 16.5. The van der Waals surface area contributed by atoms with E-state index in [1.165, 1.54) is 5.56 Å². The minimum absolute atomic E-state index is 0.000521. The second-order valence-corrected chi connectivity index (χ2v) is 6.41. The average molecular weight is 368 g/mol. The van der Waals surface area contributed by atoms with Crippen LogP contribution in [-0.2, 0) is 6.54 Å². The van der Waals surface area contributed by atoms with Crippen LogP contribution in [0.5, 0.6) is 5.75 Å². The van der Waals surface area contributed by atoms with Gasteiger partial charge in [-0.15, -0.1) is 0 Å². The Morgan fingerprint density at radius 3 is 2.30 bits per heavy atom. The van der Waals surface area contributed by atoms with Crippen molar-refractivity contribution in [1.82, 2.24) is 15.5 Å². The number of amides is 1. The molecular weight excluding hydrogens is 340 g/mol. The number of hydrogen-bond donors (Lipinski definition) is 2. The van der Waals surface area contributed by atoms with E-state index >= 15 is 0 Å². The summed E-state index contributed by atoms with van der Waals surface area (Å²) in [6.45, 7) is 3.86. The maximum Gasteiger partial charge on any atom is 0.253 e. The van der Waals surface area contributed by atoms with Crippen LogP contribution >= 0.6 is 0 Å². The van der Waals surface area contributed by atoms with Crippen LogP contribution in [0, 0.1) is 6.92 Å². The number of carbonyl (C=O) groups excluding carboxylic acids is 1. The van der Waals surface area contributed by atoms with Gasteiger partial charge < -0.3 is 20.3 Å². The molecule has 2 aromatic rings. The van der Waals surface area contributed by atoms with Crippen molar-refractivity contribution in [2.45, 2.75) is 13.5 Å². The zero-order valence-corrected chi connectivity index (χ0v) is 16.5. The number of aliphatic imine (C=N–C) groups is 1. The van der Waals surface area contributed by atoms with E-state index in [0.29, 0.717) is 31.2 Å². The highest BCUT2D eigenvalue weighted by atomic mass is 16.5. The third-order valence-corrected chi connectivity index (χ3v) is 3.97. The smallest absolute Gasteiger partial charge is 0.253 e. The fourth-order valence-corrected chi connectivity index (χ4v) is 2.40. The Kier molecular flexibility index (Phi) is 7.67. The van der Waals surface area contributed by atoms with Crippen molar-refractivity contribution in [3.63, 3.8) is 0 Å². The van der Waals surface area contributed by atoms with Gasteiger partial charge in [-0.25, -0.2) is 0 Å². The quantitative estimate of drug-likeness (QED) is 0.448. The van der Waals surface area contributed by atoms with Crippen LogP contribution in [0.25, 0.3) is 0 Å². The number of aryl methyl sites for hydroxylation is 1.